The van der Waals surface area contributed by atoms with E-state index in [0.29, 0.717) is 22.8 Å². The third kappa shape index (κ3) is 2.30. The number of rotatable bonds is 2. The van der Waals surface area contributed by atoms with Crippen molar-refractivity contribution < 1.29 is 4.79 Å². The highest BCUT2D eigenvalue weighted by molar-refractivity contribution is 6.08. The number of nitrogens with zero attached hydrogens (tertiary/aromatic N) is 3. The van der Waals surface area contributed by atoms with Gasteiger partial charge in [0.2, 0.25) is 0 Å². The number of aryl methyl sites for hydroxylation is 1. The second kappa shape index (κ2) is 5.88. The molecular formula is C26H23N3O. The fraction of sp³-hybridized carbons (Fsp3) is 0.269. The van der Waals surface area contributed by atoms with Crippen LogP contribution in [0, 0.1) is 18.3 Å². The zero-order chi connectivity index (χ0) is 20.6. The van der Waals surface area contributed by atoms with Gasteiger partial charge in [-0.1, -0.05) is 62.4 Å². The highest BCUT2D eigenvalue weighted by Crippen LogP contribution is 2.70. The maximum atomic E-state index is 13.8. The van der Waals surface area contributed by atoms with Gasteiger partial charge < -0.3 is 0 Å². The summed E-state index contributed by atoms with van der Waals surface area (Å²) in [5.41, 5.74) is 7.03. The zero-order valence-electron chi connectivity index (χ0n) is 17.4. The Labute approximate surface area is 175 Å². The molecule has 4 nitrogen and oxygen atoms in total. The van der Waals surface area contributed by atoms with Crippen molar-refractivity contribution >= 4 is 16.8 Å². The smallest absolute Gasteiger partial charge is 0.267 e. The minimum absolute atomic E-state index is 0.0609. The van der Waals surface area contributed by atoms with Crippen molar-refractivity contribution in [2.45, 2.75) is 33.1 Å². The molecule has 30 heavy (non-hydrogen) atoms. The van der Waals surface area contributed by atoms with Gasteiger partial charge in [-0.2, -0.15) is 5.10 Å². The molecule has 2 aliphatic rings. The van der Waals surface area contributed by atoms with Crippen molar-refractivity contribution in [1.29, 1.82) is 0 Å². The lowest BCUT2D eigenvalue weighted by Gasteiger charge is -2.12. The fourth-order valence-electron chi connectivity index (χ4n) is 5.49. The van der Waals surface area contributed by atoms with Gasteiger partial charge in [0.1, 0.15) is 0 Å². The number of fused-ring (bicyclic) bond motifs is 4. The average molecular weight is 393 g/mol. The van der Waals surface area contributed by atoms with Crippen LogP contribution in [-0.2, 0) is 6.42 Å². The van der Waals surface area contributed by atoms with Gasteiger partial charge in [0.05, 0.1) is 28.2 Å². The standard InChI is InChI=1S/C26H23N3O/c1-15-23-22(14-19-24(23)26(19,2)3)29(28-15)25(30)18-13-21(16-9-5-4-6-10-16)27-20-12-8-7-11-17(18)20/h4-13,19,24H,14H2,1-3H3/t19-,24+/m0/s1. The maximum Gasteiger partial charge on any atom is 0.279 e. The molecule has 0 amide bonds. The number of hydrogen-bond donors (Lipinski definition) is 0. The summed E-state index contributed by atoms with van der Waals surface area (Å²) >= 11 is 0. The SMILES string of the molecule is Cc1nn(C(=O)c2cc(-c3ccccc3)nc3ccccc23)c2c1[C@H]1[C@H](C2)C1(C)C. The van der Waals surface area contributed by atoms with Gasteiger partial charge in [0.25, 0.3) is 5.91 Å². The number of carbonyl (C=O) groups is 1. The van der Waals surface area contributed by atoms with E-state index in [1.807, 2.05) is 67.6 Å². The number of benzene rings is 2. The summed E-state index contributed by atoms with van der Waals surface area (Å²) in [5.74, 6) is 1.12. The van der Waals surface area contributed by atoms with Crippen LogP contribution in [0.4, 0.5) is 0 Å². The van der Waals surface area contributed by atoms with Crippen molar-refractivity contribution in [1.82, 2.24) is 14.8 Å². The molecule has 148 valence electrons. The van der Waals surface area contributed by atoms with Gasteiger partial charge in [-0.05, 0) is 42.7 Å². The molecule has 1 saturated carbocycles. The summed E-state index contributed by atoms with van der Waals surface area (Å²) in [7, 11) is 0. The molecule has 4 heteroatoms. The normalized spacial score (nSPS) is 20.8. The summed E-state index contributed by atoms with van der Waals surface area (Å²) in [4.78, 5) is 18.6. The molecule has 4 aromatic rings. The van der Waals surface area contributed by atoms with Crippen molar-refractivity contribution in [2.75, 3.05) is 0 Å². The van der Waals surface area contributed by atoms with Gasteiger partial charge in [-0.15, -0.1) is 0 Å². The van der Waals surface area contributed by atoms with Crippen molar-refractivity contribution in [3.63, 3.8) is 0 Å². The van der Waals surface area contributed by atoms with Crippen LogP contribution in [0.2, 0.25) is 0 Å². The molecule has 0 spiro atoms. The first-order valence-corrected chi connectivity index (χ1v) is 10.5. The summed E-state index contributed by atoms with van der Waals surface area (Å²) in [6, 6.07) is 19.8. The lowest BCUT2D eigenvalue weighted by atomic mass is 9.98. The highest BCUT2D eigenvalue weighted by Gasteiger charge is 2.64. The van der Waals surface area contributed by atoms with Crippen molar-refractivity contribution in [3.05, 3.63) is 83.2 Å². The average Bonchev–Trinajstić information content (AvgIpc) is 3.08. The van der Waals surface area contributed by atoms with Crippen LogP contribution in [0.1, 0.15) is 47.1 Å². The van der Waals surface area contributed by atoms with E-state index in [1.54, 1.807) is 4.68 Å². The Morgan fingerprint density at radius 2 is 1.80 bits per heavy atom. The molecule has 0 unspecified atom stereocenters. The molecule has 2 aromatic heterocycles. The van der Waals surface area contributed by atoms with E-state index in [2.05, 4.69) is 13.8 Å². The van der Waals surface area contributed by atoms with Gasteiger partial charge >= 0.3 is 0 Å². The second-order valence-electron chi connectivity index (χ2n) is 9.21. The molecule has 0 saturated heterocycles. The zero-order valence-corrected chi connectivity index (χ0v) is 17.4. The Morgan fingerprint density at radius 1 is 1.07 bits per heavy atom. The van der Waals surface area contributed by atoms with Crippen LogP contribution < -0.4 is 0 Å². The Morgan fingerprint density at radius 3 is 2.60 bits per heavy atom. The number of carbonyl (C=O) groups excluding carboxylic acids is 1. The molecule has 2 aromatic carbocycles. The lowest BCUT2D eigenvalue weighted by molar-refractivity contribution is 0.0942. The monoisotopic (exact) mass is 393 g/mol. The topological polar surface area (TPSA) is 47.8 Å². The number of aromatic nitrogens is 3. The summed E-state index contributed by atoms with van der Waals surface area (Å²) < 4.78 is 1.67. The molecule has 6 rings (SSSR count). The van der Waals surface area contributed by atoms with Crippen molar-refractivity contribution in [3.8, 4) is 11.3 Å². The molecule has 1 fully saturated rings. The van der Waals surface area contributed by atoms with Crippen LogP contribution in [-0.4, -0.2) is 20.7 Å². The Balaban J connectivity index is 1.52. The van der Waals surface area contributed by atoms with E-state index >= 15 is 0 Å². The van der Waals surface area contributed by atoms with E-state index in [1.165, 1.54) is 5.56 Å². The minimum Gasteiger partial charge on any atom is -0.267 e. The third-order valence-corrected chi connectivity index (χ3v) is 7.19. The van der Waals surface area contributed by atoms with E-state index in [0.717, 1.165) is 40.0 Å². The molecular weight excluding hydrogens is 370 g/mol. The predicted octanol–water partition coefficient (Wildman–Crippen LogP) is 5.39. The van der Waals surface area contributed by atoms with Crippen LogP contribution in [0.15, 0.2) is 60.7 Å². The lowest BCUT2D eigenvalue weighted by Crippen LogP contribution is -2.18. The summed E-state index contributed by atoms with van der Waals surface area (Å²) in [6.45, 7) is 6.69. The van der Waals surface area contributed by atoms with Crippen LogP contribution in [0.5, 0.6) is 0 Å². The summed E-state index contributed by atoms with van der Waals surface area (Å²) in [6.07, 6.45) is 0.939. The van der Waals surface area contributed by atoms with Crippen molar-refractivity contribution in [2.24, 2.45) is 11.3 Å². The van der Waals surface area contributed by atoms with Crippen LogP contribution in [0.3, 0.4) is 0 Å². The van der Waals surface area contributed by atoms with Gasteiger partial charge in [0.15, 0.2) is 0 Å². The second-order valence-corrected chi connectivity index (χ2v) is 9.21. The van der Waals surface area contributed by atoms with Crippen LogP contribution >= 0.6 is 0 Å². The molecule has 0 radical (unpaired) electrons. The number of hydrogen-bond acceptors (Lipinski definition) is 3. The Kier molecular flexibility index (Phi) is 3.45. The molecule has 0 N–H and O–H groups in total. The van der Waals surface area contributed by atoms with Gasteiger partial charge in [-0.25, -0.2) is 9.67 Å². The maximum absolute atomic E-state index is 13.8. The predicted molar refractivity (Wildman–Crippen MR) is 118 cm³/mol. The van der Waals surface area contributed by atoms with Gasteiger partial charge in [0, 0.05) is 16.5 Å². The summed E-state index contributed by atoms with van der Waals surface area (Å²) in [5, 5.41) is 5.58. The largest absolute Gasteiger partial charge is 0.279 e. The van der Waals surface area contributed by atoms with Crippen LogP contribution in [0.25, 0.3) is 22.2 Å². The first-order valence-electron chi connectivity index (χ1n) is 10.5. The Hall–Kier alpha value is -3.27. The number of para-hydroxylation sites is 1. The molecule has 0 bridgehead atoms. The number of pyridine rings is 1. The third-order valence-electron chi connectivity index (χ3n) is 7.19. The first kappa shape index (κ1) is 17.6. The highest BCUT2D eigenvalue weighted by atomic mass is 16.2. The van der Waals surface area contributed by atoms with E-state index in [-0.39, 0.29) is 5.91 Å². The van der Waals surface area contributed by atoms with E-state index in [9.17, 15) is 4.79 Å². The fourth-order valence-corrected chi connectivity index (χ4v) is 5.49. The molecule has 0 aliphatic heterocycles. The minimum atomic E-state index is -0.0609. The molecule has 2 heterocycles. The van der Waals surface area contributed by atoms with E-state index < -0.39 is 0 Å². The van der Waals surface area contributed by atoms with E-state index in [4.69, 9.17) is 10.1 Å². The Bertz CT molecular complexity index is 1330. The quantitative estimate of drug-likeness (QED) is 0.459. The molecule has 2 atom stereocenters. The van der Waals surface area contributed by atoms with Gasteiger partial charge in [-0.3, -0.25) is 4.79 Å². The first-order chi connectivity index (χ1) is 14.5. The molecule has 2 aliphatic carbocycles.